The van der Waals surface area contributed by atoms with E-state index in [0.29, 0.717) is 25.4 Å². The van der Waals surface area contributed by atoms with E-state index in [1.54, 1.807) is 7.11 Å². The Balaban J connectivity index is 1.32. The summed E-state index contributed by atoms with van der Waals surface area (Å²) in [4.78, 5) is 5.12. The van der Waals surface area contributed by atoms with Gasteiger partial charge < -0.3 is 44.6 Å². The normalized spacial score (nSPS) is 35.3. The van der Waals surface area contributed by atoms with Gasteiger partial charge in [0, 0.05) is 40.7 Å². The van der Waals surface area contributed by atoms with Gasteiger partial charge in [0.25, 0.3) is 0 Å². The van der Waals surface area contributed by atoms with E-state index < -0.39 is 29.2 Å². The molecule has 5 heterocycles. The molecule has 0 saturated carbocycles. The molecule has 0 bridgehead atoms. The number of hydrogen-bond acceptors (Lipinski definition) is 10. The summed E-state index contributed by atoms with van der Waals surface area (Å²) in [7, 11) is 1.67. The van der Waals surface area contributed by atoms with Crippen LogP contribution < -0.4 is 15.8 Å². The first-order valence-corrected chi connectivity index (χ1v) is 14.4. The highest BCUT2D eigenvalue weighted by Gasteiger charge is 2.52. The second-order valence-electron chi connectivity index (χ2n) is 12.4. The van der Waals surface area contributed by atoms with Crippen molar-refractivity contribution in [3.63, 3.8) is 0 Å². The molecule has 0 unspecified atom stereocenters. The van der Waals surface area contributed by atoms with E-state index in [1.807, 2.05) is 32.1 Å². The Kier molecular flexibility index (Phi) is 6.66. The summed E-state index contributed by atoms with van der Waals surface area (Å²) in [6.45, 7) is 7.45. The first-order chi connectivity index (χ1) is 19.8. The zero-order chi connectivity index (χ0) is 28.5. The van der Waals surface area contributed by atoms with Crippen LogP contribution in [0, 0.1) is 11.3 Å². The number of nitrogens with one attached hydrogen (secondary N) is 1. The van der Waals surface area contributed by atoms with Gasteiger partial charge in [-0.15, -0.1) is 0 Å². The van der Waals surface area contributed by atoms with Crippen molar-refractivity contribution in [2.45, 2.75) is 69.3 Å². The van der Waals surface area contributed by atoms with Crippen LogP contribution in [-0.4, -0.2) is 73.9 Å². The van der Waals surface area contributed by atoms with Crippen molar-refractivity contribution in [3.8, 4) is 5.75 Å². The summed E-state index contributed by atoms with van der Waals surface area (Å²) < 4.78 is 36.3. The van der Waals surface area contributed by atoms with Crippen LogP contribution in [-0.2, 0) is 23.7 Å². The van der Waals surface area contributed by atoms with Crippen LogP contribution in [0.3, 0.4) is 0 Å². The van der Waals surface area contributed by atoms with E-state index in [-0.39, 0.29) is 37.8 Å². The Bertz CT molecular complexity index is 1410. The molecule has 2 aromatic rings. The minimum Gasteiger partial charge on any atom is -0.494 e. The standard InChI is InChI=1S/C31H39N3O7/c1-16(2)25(32)27(35)22-12-23(40-15-39-22)31-7-5-9-38-28(31)17-10-18-24-20(34-30(3)13-37-14-41-29(24)30)11-21(36-4)26(18)33-19(17)6-8-31/h5-8,10-11,16,22-23,25,27-29,34-35H,9,12-15,32H2,1-4H3/t22-,23+,25-,27-,28-,29-,30-,31+/m0/s1. The fourth-order valence-electron chi connectivity index (χ4n) is 7.21. The van der Waals surface area contributed by atoms with Crippen LogP contribution in [0.2, 0.25) is 0 Å². The molecule has 41 heavy (non-hydrogen) atoms. The number of ether oxygens (including phenoxy) is 6. The highest BCUT2D eigenvalue weighted by molar-refractivity contribution is 5.96. The number of nitrogens with two attached hydrogens (primary N) is 1. The maximum atomic E-state index is 11.0. The minimum atomic E-state index is -0.799. The number of aliphatic hydroxyl groups excluding tert-OH is 1. The first kappa shape index (κ1) is 27.3. The molecule has 10 heteroatoms. The summed E-state index contributed by atoms with van der Waals surface area (Å²) >= 11 is 0. The Morgan fingerprint density at radius 1 is 1.12 bits per heavy atom. The Morgan fingerprint density at radius 3 is 2.78 bits per heavy atom. The number of fused-ring (bicyclic) bond motifs is 8. The van der Waals surface area contributed by atoms with Crippen molar-refractivity contribution in [1.29, 1.82) is 0 Å². The Morgan fingerprint density at radius 2 is 1.98 bits per heavy atom. The molecule has 0 radical (unpaired) electrons. The monoisotopic (exact) mass is 565 g/mol. The van der Waals surface area contributed by atoms with Crippen LogP contribution in [0.15, 0.2) is 30.4 Å². The number of nitrogens with zero attached hydrogens (tertiary/aromatic N) is 1. The van der Waals surface area contributed by atoms with E-state index in [4.69, 9.17) is 39.1 Å². The highest BCUT2D eigenvalue weighted by Crippen LogP contribution is 2.55. The zero-order valence-corrected chi connectivity index (χ0v) is 24.0. The van der Waals surface area contributed by atoms with E-state index in [1.165, 1.54) is 0 Å². The summed E-state index contributed by atoms with van der Waals surface area (Å²) in [6.07, 6.45) is 6.81. The molecular weight excluding hydrogens is 526 g/mol. The summed E-state index contributed by atoms with van der Waals surface area (Å²) in [5.41, 5.74) is 9.93. The van der Waals surface area contributed by atoms with Gasteiger partial charge in [-0.05, 0) is 25.0 Å². The topological polar surface area (TPSA) is 127 Å². The van der Waals surface area contributed by atoms with Gasteiger partial charge in [-0.1, -0.05) is 32.1 Å². The molecule has 1 aromatic carbocycles. The van der Waals surface area contributed by atoms with Crippen molar-refractivity contribution in [2.75, 3.05) is 39.2 Å². The third-order valence-electron chi connectivity index (χ3n) is 9.51. The molecule has 0 amide bonds. The van der Waals surface area contributed by atoms with E-state index in [9.17, 15) is 5.11 Å². The van der Waals surface area contributed by atoms with E-state index in [0.717, 1.165) is 33.4 Å². The SMILES string of the molecule is COc1cc2c(c3cc4c(nc13)C=C[C@@]1([C@H]3C[C@@H]([C@H](O)[C@@H](N)C(C)C)OCO3)C=CCO[C@@H]41)[C@@H]1OCOC[C@]1(C)N2. The molecule has 4 aliphatic heterocycles. The highest BCUT2D eigenvalue weighted by atomic mass is 16.7. The van der Waals surface area contributed by atoms with Crippen molar-refractivity contribution < 1.29 is 33.5 Å². The molecule has 220 valence electrons. The van der Waals surface area contributed by atoms with Gasteiger partial charge in [-0.2, -0.15) is 0 Å². The fraction of sp³-hybridized carbons (Fsp3) is 0.581. The van der Waals surface area contributed by atoms with Gasteiger partial charge in [0.15, 0.2) is 0 Å². The predicted octanol–water partition coefficient (Wildman–Crippen LogP) is 3.59. The van der Waals surface area contributed by atoms with Crippen molar-refractivity contribution in [2.24, 2.45) is 17.1 Å². The molecule has 10 nitrogen and oxygen atoms in total. The van der Waals surface area contributed by atoms with Crippen molar-refractivity contribution >= 4 is 22.7 Å². The zero-order valence-electron chi connectivity index (χ0n) is 24.0. The van der Waals surface area contributed by atoms with Gasteiger partial charge in [0.05, 0.1) is 55.3 Å². The average molecular weight is 566 g/mol. The van der Waals surface area contributed by atoms with Crippen molar-refractivity contribution in [3.05, 3.63) is 47.2 Å². The van der Waals surface area contributed by atoms with Gasteiger partial charge >= 0.3 is 0 Å². The smallest absolute Gasteiger partial charge is 0.147 e. The molecule has 1 aromatic heterocycles. The van der Waals surface area contributed by atoms with Gasteiger partial charge in [0.1, 0.15) is 37.1 Å². The predicted molar refractivity (Wildman–Crippen MR) is 152 cm³/mol. The minimum absolute atomic E-state index is 0.0756. The second kappa shape index (κ2) is 10.0. The van der Waals surface area contributed by atoms with Crippen molar-refractivity contribution in [1.82, 2.24) is 4.98 Å². The molecule has 7 rings (SSSR count). The number of hydrogen-bond donors (Lipinski definition) is 3. The lowest BCUT2D eigenvalue weighted by atomic mass is 9.67. The number of anilines is 1. The summed E-state index contributed by atoms with van der Waals surface area (Å²) in [5.74, 6) is 0.812. The number of aromatic nitrogens is 1. The van der Waals surface area contributed by atoms with Crippen LogP contribution in [0.4, 0.5) is 5.69 Å². The van der Waals surface area contributed by atoms with Crippen LogP contribution in [0.1, 0.15) is 56.2 Å². The molecule has 2 fully saturated rings. The third-order valence-corrected chi connectivity index (χ3v) is 9.51. The largest absolute Gasteiger partial charge is 0.494 e. The lowest BCUT2D eigenvalue weighted by Gasteiger charge is -2.48. The number of aliphatic hydroxyl groups is 1. The molecule has 5 aliphatic rings. The third kappa shape index (κ3) is 4.15. The Hall–Kier alpha value is -2.57. The molecule has 0 spiro atoms. The van der Waals surface area contributed by atoms with Crippen LogP contribution in [0.5, 0.6) is 5.75 Å². The molecule has 8 atom stereocenters. The molecule has 2 saturated heterocycles. The molecular formula is C31H39N3O7. The number of methoxy groups -OCH3 is 1. The first-order valence-electron chi connectivity index (χ1n) is 14.4. The summed E-state index contributed by atoms with van der Waals surface area (Å²) in [5, 5.41) is 15.6. The molecule has 1 aliphatic carbocycles. The number of rotatable bonds is 5. The lowest BCUT2D eigenvalue weighted by Crippen LogP contribution is -2.54. The summed E-state index contributed by atoms with van der Waals surface area (Å²) in [6, 6.07) is 3.80. The van der Waals surface area contributed by atoms with Gasteiger partial charge in [0.2, 0.25) is 0 Å². The second-order valence-corrected chi connectivity index (χ2v) is 12.4. The van der Waals surface area contributed by atoms with Crippen LogP contribution >= 0.6 is 0 Å². The lowest BCUT2D eigenvalue weighted by molar-refractivity contribution is -0.231. The average Bonchev–Trinajstić information content (AvgIpc) is 3.30. The Labute approximate surface area is 239 Å². The quantitative estimate of drug-likeness (QED) is 0.463. The maximum Gasteiger partial charge on any atom is 0.147 e. The van der Waals surface area contributed by atoms with Gasteiger partial charge in [-0.3, -0.25) is 0 Å². The van der Waals surface area contributed by atoms with Crippen LogP contribution in [0.25, 0.3) is 17.0 Å². The number of benzene rings is 1. The molecule has 4 N–H and O–H groups in total. The van der Waals surface area contributed by atoms with E-state index in [2.05, 4.69) is 30.5 Å². The van der Waals surface area contributed by atoms with Gasteiger partial charge in [-0.25, -0.2) is 4.98 Å². The fourth-order valence-corrected chi connectivity index (χ4v) is 7.21. The maximum absolute atomic E-state index is 11.0. The number of pyridine rings is 1. The van der Waals surface area contributed by atoms with E-state index >= 15 is 0 Å².